The van der Waals surface area contributed by atoms with E-state index >= 15 is 0 Å². The SMILES string of the molecule is CC(NN(C)C)C(=O)NC1CCCCC1. The molecule has 0 aromatic carbocycles. The predicted octanol–water partition coefficient (Wildman–Crippen LogP) is 0.890. The molecule has 1 atom stereocenters. The topological polar surface area (TPSA) is 44.4 Å². The van der Waals surface area contributed by atoms with Crippen LogP contribution in [-0.4, -0.2) is 37.1 Å². The van der Waals surface area contributed by atoms with Gasteiger partial charge >= 0.3 is 0 Å². The summed E-state index contributed by atoms with van der Waals surface area (Å²) in [7, 11) is 3.79. The number of hydrogen-bond acceptors (Lipinski definition) is 3. The Balaban J connectivity index is 2.27. The van der Waals surface area contributed by atoms with Gasteiger partial charge in [-0.2, -0.15) is 0 Å². The van der Waals surface area contributed by atoms with E-state index in [1.165, 1.54) is 19.3 Å². The van der Waals surface area contributed by atoms with Gasteiger partial charge in [-0.15, -0.1) is 0 Å². The van der Waals surface area contributed by atoms with Crippen LogP contribution in [0.3, 0.4) is 0 Å². The zero-order chi connectivity index (χ0) is 11.3. The standard InChI is InChI=1S/C11H23N3O/c1-9(13-14(2)3)11(15)12-10-7-5-4-6-8-10/h9-10,13H,4-8H2,1-3H3,(H,12,15). The molecule has 0 aromatic heterocycles. The third-order valence-corrected chi connectivity index (χ3v) is 2.80. The number of hydrazine groups is 1. The summed E-state index contributed by atoms with van der Waals surface area (Å²) in [5, 5.41) is 4.91. The zero-order valence-electron chi connectivity index (χ0n) is 10.0. The Morgan fingerprint density at radius 2 is 1.87 bits per heavy atom. The van der Waals surface area contributed by atoms with Crippen molar-refractivity contribution >= 4 is 5.91 Å². The summed E-state index contributed by atoms with van der Waals surface area (Å²) in [6.07, 6.45) is 6.10. The minimum absolute atomic E-state index is 0.107. The second-order valence-corrected chi connectivity index (χ2v) is 4.59. The van der Waals surface area contributed by atoms with E-state index < -0.39 is 0 Å². The van der Waals surface area contributed by atoms with Crippen LogP contribution in [0, 0.1) is 0 Å². The van der Waals surface area contributed by atoms with Gasteiger partial charge in [0.05, 0.1) is 6.04 Å². The lowest BCUT2D eigenvalue weighted by Gasteiger charge is -2.25. The summed E-state index contributed by atoms with van der Waals surface area (Å²) in [5.41, 5.74) is 3.05. The van der Waals surface area contributed by atoms with Crippen molar-refractivity contribution in [3.05, 3.63) is 0 Å². The van der Waals surface area contributed by atoms with Gasteiger partial charge in [0.25, 0.3) is 0 Å². The fraction of sp³-hybridized carbons (Fsp3) is 0.909. The molecular weight excluding hydrogens is 190 g/mol. The zero-order valence-corrected chi connectivity index (χ0v) is 10.0. The molecule has 0 aromatic rings. The lowest BCUT2D eigenvalue weighted by Crippen LogP contribution is -2.50. The molecule has 15 heavy (non-hydrogen) atoms. The Morgan fingerprint density at radius 1 is 1.27 bits per heavy atom. The van der Waals surface area contributed by atoms with E-state index in [1.54, 1.807) is 0 Å². The molecule has 4 nitrogen and oxygen atoms in total. The molecule has 88 valence electrons. The molecule has 2 N–H and O–H groups in total. The van der Waals surface area contributed by atoms with Crippen LogP contribution in [0.15, 0.2) is 0 Å². The Bertz CT molecular complexity index is 200. The largest absolute Gasteiger partial charge is 0.352 e. The third-order valence-electron chi connectivity index (χ3n) is 2.80. The van der Waals surface area contributed by atoms with E-state index in [0.717, 1.165) is 12.8 Å². The highest BCUT2D eigenvalue weighted by molar-refractivity contribution is 5.81. The Morgan fingerprint density at radius 3 is 2.40 bits per heavy atom. The molecule has 0 radical (unpaired) electrons. The summed E-state index contributed by atoms with van der Waals surface area (Å²) in [6.45, 7) is 1.89. The van der Waals surface area contributed by atoms with Gasteiger partial charge in [-0.05, 0) is 19.8 Å². The van der Waals surface area contributed by atoms with Crippen LogP contribution in [0.2, 0.25) is 0 Å². The number of carbonyl (C=O) groups excluding carboxylic acids is 1. The maximum Gasteiger partial charge on any atom is 0.238 e. The van der Waals surface area contributed by atoms with Gasteiger partial charge in [-0.25, -0.2) is 10.4 Å². The molecule has 0 spiro atoms. The Hall–Kier alpha value is -0.610. The Kier molecular flexibility index (Phi) is 5.05. The van der Waals surface area contributed by atoms with Crippen molar-refractivity contribution in [2.45, 2.75) is 51.1 Å². The lowest BCUT2D eigenvalue weighted by atomic mass is 9.95. The van der Waals surface area contributed by atoms with Crippen molar-refractivity contribution in [2.24, 2.45) is 0 Å². The average Bonchev–Trinajstić information content (AvgIpc) is 2.18. The summed E-state index contributed by atoms with van der Waals surface area (Å²) in [6, 6.07) is 0.250. The molecule has 0 bridgehead atoms. The van der Waals surface area contributed by atoms with E-state index in [2.05, 4.69) is 10.7 Å². The smallest absolute Gasteiger partial charge is 0.238 e. The summed E-state index contributed by atoms with van der Waals surface area (Å²) in [5.74, 6) is 0.107. The molecular formula is C11H23N3O. The molecule has 1 fully saturated rings. The van der Waals surface area contributed by atoms with E-state index in [9.17, 15) is 4.79 Å². The van der Waals surface area contributed by atoms with Crippen molar-refractivity contribution < 1.29 is 4.79 Å². The van der Waals surface area contributed by atoms with Crippen molar-refractivity contribution in [1.29, 1.82) is 0 Å². The predicted molar refractivity (Wildman–Crippen MR) is 61.3 cm³/mol. The molecule has 1 unspecified atom stereocenters. The highest BCUT2D eigenvalue weighted by Crippen LogP contribution is 2.17. The van der Waals surface area contributed by atoms with Gasteiger partial charge in [-0.3, -0.25) is 4.79 Å². The molecule has 0 aliphatic heterocycles. The quantitative estimate of drug-likeness (QED) is 0.682. The van der Waals surface area contributed by atoms with Gasteiger partial charge in [0, 0.05) is 20.1 Å². The maximum absolute atomic E-state index is 11.7. The first-order valence-corrected chi connectivity index (χ1v) is 5.83. The highest BCUT2D eigenvalue weighted by atomic mass is 16.2. The van der Waals surface area contributed by atoms with Gasteiger partial charge < -0.3 is 5.32 Å². The van der Waals surface area contributed by atoms with Crippen LogP contribution >= 0.6 is 0 Å². The fourth-order valence-electron chi connectivity index (χ4n) is 2.02. The first kappa shape index (κ1) is 12.5. The maximum atomic E-state index is 11.7. The second-order valence-electron chi connectivity index (χ2n) is 4.59. The van der Waals surface area contributed by atoms with Crippen LogP contribution in [-0.2, 0) is 4.79 Å². The van der Waals surface area contributed by atoms with Gasteiger partial charge in [0.1, 0.15) is 0 Å². The van der Waals surface area contributed by atoms with Crippen molar-refractivity contribution in [2.75, 3.05) is 14.1 Å². The van der Waals surface area contributed by atoms with Crippen LogP contribution in [0.5, 0.6) is 0 Å². The van der Waals surface area contributed by atoms with Gasteiger partial charge in [-0.1, -0.05) is 19.3 Å². The number of hydrogen-bond donors (Lipinski definition) is 2. The van der Waals surface area contributed by atoms with E-state index in [0.29, 0.717) is 6.04 Å². The van der Waals surface area contributed by atoms with E-state index in [1.807, 2.05) is 26.0 Å². The third kappa shape index (κ3) is 4.62. The molecule has 0 saturated heterocycles. The van der Waals surface area contributed by atoms with Gasteiger partial charge in [0.15, 0.2) is 0 Å². The molecule has 1 rings (SSSR count). The number of nitrogens with zero attached hydrogens (tertiary/aromatic N) is 1. The monoisotopic (exact) mass is 213 g/mol. The first-order chi connectivity index (χ1) is 7.09. The molecule has 1 aliphatic carbocycles. The van der Waals surface area contributed by atoms with E-state index in [4.69, 9.17) is 0 Å². The highest BCUT2D eigenvalue weighted by Gasteiger charge is 2.19. The van der Waals surface area contributed by atoms with Crippen LogP contribution in [0.1, 0.15) is 39.0 Å². The van der Waals surface area contributed by atoms with Crippen LogP contribution in [0.4, 0.5) is 0 Å². The van der Waals surface area contributed by atoms with Gasteiger partial charge in [0.2, 0.25) is 5.91 Å². The lowest BCUT2D eigenvalue weighted by molar-refractivity contribution is -0.124. The molecule has 4 heteroatoms. The number of rotatable bonds is 4. The van der Waals surface area contributed by atoms with Crippen LogP contribution in [0.25, 0.3) is 0 Å². The molecule has 1 aliphatic rings. The van der Waals surface area contributed by atoms with E-state index in [-0.39, 0.29) is 11.9 Å². The first-order valence-electron chi connectivity index (χ1n) is 5.83. The Labute approximate surface area is 92.4 Å². The number of amides is 1. The minimum atomic E-state index is -0.151. The fourth-order valence-corrected chi connectivity index (χ4v) is 2.02. The van der Waals surface area contributed by atoms with Crippen LogP contribution < -0.4 is 10.7 Å². The number of nitrogens with one attached hydrogen (secondary N) is 2. The molecule has 0 heterocycles. The summed E-state index contributed by atoms with van der Waals surface area (Å²) in [4.78, 5) is 11.7. The van der Waals surface area contributed by atoms with Crippen molar-refractivity contribution in [3.8, 4) is 0 Å². The normalized spacial score (nSPS) is 20.3. The second kappa shape index (κ2) is 6.08. The number of carbonyl (C=O) groups is 1. The molecule has 1 saturated carbocycles. The summed E-state index contributed by atoms with van der Waals surface area (Å²) >= 11 is 0. The summed E-state index contributed by atoms with van der Waals surface area (Å²) < 4.78 is 0. The van der Waals surface area contributed by atoms with Crippen molar-refractivity contribution in [1.82, 2.24) is 15.8 Å². The van der Waals surface area contributed by atoms with Crippen molar-refractivity contribution in [3.63, 3.8) is 0 Å². The minimum Gasteiger partial charge on any atom is -0.352 e. The average molecular weight is 213 g/mol. The molecule has 1 amide bonds.